The molecule has 4 bridgehead atoms. The lowest BCUT2D eigenvalue weighted by molar-refractivity contribution is -0.125. The van der Waals surface area contributed by atoms with Crippen LogP contribution in [-0.4, -0.2) is 26.9 Å². The molecule has 0 aromatic heterocycles. The van der Waals surface area contributed by atoms with E-state index in [1.165, 1.54) is 38.5 Å². The van der Waals surface area contributed by atoms with Gasteiger partial charge in [0.15, 0.2) is 0 Å². The van der Waals surface area contributed by atoms with Crippen LogP contribution in [0.4, 0.5) is 0 Å². The third-order valence-electron chi connectivity index (χ3n) is 7.81. The molecular weight excluding hydrogens is 384 g/mol. The van der Waals surface area contributed by atoms with Crippen LogP contribution in [-0.2, 0) is 14.8 Å². The fourth-order valence-corrected chi connectivity index (χ4v) is 7.55. The smallest absolute Gasteiger partial charge is 0.240 e. The molecule has 2 N–H and O–H groups in total. The topological polar surface area (TPSA) is 75.3 Å². The van der Waals surface area contributed by atoms with E-state index in [0.717, 1.165) is 28.9 Å². The van der Waals surface area contributed by atoms with Gasteiger partial charge in [0.25, 0.3) is 0 Å². The highest BCUT2D eigenvalue weighted by molar-refractivity contribution is 7.89. The van der Waals surface area contributed by atoms with E-state index in [4.69, 9.17) is 0 Å². The van der Waals surface area contributed by atoms with Gasteiger partial charge in [0.2, 0.25) is 15.9 Å². The largest absolute Gasteiger partial charge is 0.353 e. The first-order valence-corrected chi connectivity index (χ1v) is 12.5. The van der Waals surface area contributed by atoms with Crippen LogP contribution in [0.5, 0.6) is 0 Å². The van der Waals surface area contributed by atoms with Crippen molar-refractivity contribution in [3.8, 4) is 0 Å². The Hall–Kier alpha value is -1.40. The molecule has 29 heavy (non-hydrogen) atoms. The summed E-state index contributed by atoms with van der Waals surface area (Å²) in [5.74, 6) is 2.50. The molecule has 5 rings (SSSR count). The van der Waals surface area contributed by atoms with Gasteiger partial charge in [-0.25, -0.2) is 13.1 Å². The molecule has 160 valence electrons. The molecule has 6 heteroatoms. The summed E-state index contributed by atoms with van der Waals surface area (Å²) in [5.41, 5.74) is 2.26. The Labute approximate surface area is 175 Å². The first-order valence-electron chi connectivity index (χ1n) is 11.0. The Morgan fingerprint density at radius 1 is 1.07 bits per heavy atom. The number of hydrogen-bond donors (Lipinski definition) is 2. The van der Waals surface area contributed by atoms with Gasteiger partial charge in [-0.15, -0.1) is 0 Å². The zero-order valence-corrected chi connectivity index (χ0v) is 18.6. The Morgan fingerprint density at radius 3 is 2.21 bits per heavy atom. The van der Waals surface area contributed by atoms with Crippen LogP contribution in [0.2, 0.25) is 0 Å². The minimum atomic E-state index is -3.59. The Kier molecular flexibility index (Phi) is 5.53. The van der Waals surface area contributed by atoms with Crippen molar-refractivity contribution in [2.75, 3.05) is 6.54 Å². The number of hydrogen-bond acceptors (Lipinski definition) is 3. The number of nitrogens with one attached hydrogen (secondary N) is 2. The molecule has 0 saturated heterocycles. The molecule has 1 atom stereocenters. The van der Waals surface area contributed by atoms with Crippen molar-refractivity contribution in [3.63, 3.8) is 0 Å². The van der Waals surface area contributed by atoms with E-state index in [1.807, 2.05) is 19.9 Å². The molecule has 5 nitrogen and oxygen atoms in total. The molecule has 0 heterocycles. The Balaban J connectivity index is 1.29. The highest BCUT2D eigenvalue weighted by Gasteiger charge is 2.53. The normalized spacial score (nSPS) is 31.6. The number of carbonyl (C=O) groups excluding carboxylic acids is 1. The minimum Gasteiger partial charge on any atom is -0.353 e. The molecular formula is C23H34N2O3S. The second kappa shape index (κ2) is 7.69. The maximum atomic E-state index is 12.5. The maximum Gasteiger partial charge on any atom is 0.240 e. The van der Waals surface area contributed by atoms with E-state index in [1.54, 1.807) is 12.1 Å². The van der Waals surface area contributed by atoms with Gasteiger partial charge in [0.05, 0.1) is 4.90 Å². The fraction of sp³-hybridized carbons (Fsp3) is 0.696. The van der Waals surface area contributed by atoms with E-state index < -0.39 is 10.0 Å². The molecule has 0 aliphatic heterocycles. The summed E-state index contributed by atoms with van der Waals surface area (Å²) in [4.78, 5) is 12.8. The average molecular weight is 419 g/mol. The molecule has 0 unspecified atom stereocenters. The standard InChI is InChI=1S/C23H34N2O3S/c1-15-4-5-21(8-16(15)2)29(27,28)24-7-6-22(26)25-17(3)23-12-18-9-19(13-23)11-20(10-18)14-23/h4-5,8,17-20,24H,6-7,9-14H2,1-3H3,(H,25,26)/t17-,18?,19?,20?,23?/m1/s1. The first-order chi connectivity index (χ1) is 13.7. The summed E-state index contributed by atoms with van der Waals surface area (Å²) in [5, 5.41) is 3.21. The van der Waals surface area contributed by atoms with Crippen molar-refractivity contribution in [1.29, 1.82) is 0 Å². The highest BCUT2D eigenvalue weighted by Crippen LogP contribution is 2.61. The maximum absolute atomic E-state index is 12.5. The molecule has 0 radical (unpaired) electrons. The van der Waals surface area contributed by atoms with Crippen molar-refractivity contribution in [3.05, 3.63) is 29.3 Å². The van der Waals surface area contributed by atoms with Crippen molar-refractivity contribution < 1.29 is 13.2 Å². The van der Waals surface area contributed by atoms with Crippen molar-refractivity contribution in [2.45, 2.75) is 76.7 Å². The molecule has 4 aliphatic carbocycles. The zero-order chi connectivity index (χ0) is 20.8. The third kappa shape index (κ3) is 4.24. The van der Waals surface area contributed by atoms with Crippen molar-refractivity contribution >= 4 is 15.9 Å². The van der Waals surface area contributed by atoms with Gasteiger partial charge < -0.3 is 5.32 Å². The number of sulfonamides is 1. The summed E-state index contributed by atoms with van der Waals surface area (Å²) in [7, 11) is -3.59. The molecule has 1 aromatic rings. The quantitative estimate of drug-likeness (QED) is 0.709. The third-order valence-corrected chi connectivity index (χ3v) is 9.27. The molecule has 4 aliphatic rings. The van der Waals surface area contributed by atoms with Crippen LogP contribution >= 0.6 is 0 Å². The number of carbonyl (C=O) groups is 1. The van der Waals surface area contributed by atoms with Crippen LogP contribution in [0.25, 0.3) is 0 Å². The highest BCUT2D eigenvalue weighted by atomic mass is 32.2. The summed E-state index contributed by atoms with van der Waals surface area (Å²) in [6, 6.07) is 5.26. The molecule has 1 amide bonds. The van der Waals surface area contributed by atoms with E-state index >= 15 is 0 Å². The van der Waals surface area contributed by atoms with Gasteiger partial charge in [-0.05, 0) is 106 Å². The lowest BCUT2D eigenvalue weighted by atomic mass is 9.48. The van der Waals surface area contributed by atoms with Crippen LogP contribution in [0.3, 0.4) is 0 Å². The lowest BCUT2D eigenvalue weighted by Gasteiger charge is -2.59. The summed E-state index contributed by atoms with van der Waals surface area (Å²) in [6.45, 7) is 6.13. The predicted molar refractivity (Wildman–Crippen MR) is 114 cm³/mol. The van der Waals surface area contributed by atoms with Crippen LogP contribution in [0.1, 0.15) is 63.0 Å². The SMILES string of the molecule is Cc1ccc(S(=O)(=O)NCCC(=O)N[C@H](C)C23CC4CC(CC(C4)C2)C3)cc1C. The summed E-state index contributed by atoms with van der Waals surface area (Å²) in [6.07, 6.45) is 8.08. The van der Waals surface area contributed by atoms with Crippen molar-refractivity contribution in [1.82, 2.24) is 10.0 Å². The number of amides is 1. The number of aryl methyl sites for hydroxylation is 2. The first kappa shape index (κ1) is 20.9. The molecule has 1 aromatic carbocycles. The Bertz CT molecular complexity index is 858. The second-order valence-electron chi connectivity index (χ2n) is 9.96. The van der Waals surface area contributed by atoms with E-state index in [2.05, 4.69) is 17.0 Å². The van der Waals surface area contributed by atoms with Crippen molar-refractivity contribution in [2.24, 2.45) is 23.2 Å². The van der Waals surface area contributed by atoms with Crippen LogP contribution < -0.4 is 10.0 Å². The van der Waals surface area contributed by atoms with Gasteiger partial charge in [0.1, 0.15) is 0 Å². The summed E-state index contributed by atoms with van der Waals surface area (Å²) >= 11 is 0. The van der Waals surface area contributed by atoms with Gasteiger partial charge in [-0.3, -0.25) is 4.79 Å². The van der Waals surface area contributed by atoms with Crippen LogP contribution in [0.15, 0.2) is 23.1 Å². The van der Waals surface area contributed by atoms with Gasteiger partial charge in [-0.2, -0.15) is 0 Å². The number of benzene rings is 1. The van der Waals surface area contributed by atoms with E-state index in [0.29, 0.717) is 0 Å². The number of rotatable bonds is 7. The Morgan fingerprint density at radius 2 is 1.66 bits per heavy atom. The lowest BCUT2D eigenvalue weighted by Crippen LogP contribution is -2.56. The van der Waals surface area contributed by atoms with Gasteiger partial charge >= 0.3 is 0 Å². The summed E-state index contributed by atoms with van der Waals surface area (Å²) < 4.78 is 27.5. The predicted octanol–water partition coefficient (Wildman–Crippen LogP) is 3.69. The fourth-order valence-electron chi connectivity index (χ4n) is 6.44. The van der Waals surface area contributed by atoms with Crippen LogP contribution in [0, 0.1) is 37.0 Å². The van der Waals surface area contributed by atoms with E-state index in [9.17, 15) is 13.2 Å². The van der Waals surface area contributed by atoms with E-state index in [-0.39, 0.29) is 35.2 Å². The monoisotopic (exact) mass is 418 g/mol. The zero-order valence-electron chi connectivity index (χ0n) is 17.8. The van der Waals surface area contributed by atoms with Gasteiger partial charge in [-0.1, -0.05) is 6.07 Å². The molecule has 0 spiro atoms. The molecule has 4 saturated carbocycles. The van der Waals surface area contributed by atoms with Gasteiger partial charge in [0, 0.05) is 19.0 Å². The second-order valence-corrected chi connectivity index (χ2v) is 11.7. The average Bonchev–Trinajstić information content (AvgIpc) is 2.62. The molecule has 4 fully saturated rings. The minimum absolute atomic E-state index is 0.0592.